The van der Waals surface area contributed by atoms with Crippen molar-refractivity contribution >= 4 is 16.1 Å². The second-order valence-corrected chi connectivity index (χ2v) is 9.58. The minimum Gasteiger partial charge on any atom is -0.365 e. The molecule has 0 aromatic heterocycles. The Labute approximate surface area is 154 Å². The second kappa shape index (κ2) is 6.21. The maximum atomic E-state index is 12.7. The van der Waals surface area contributed by atoms with Crippen molar-refractivity contribution in [3.05, 3.63) is 35.4 Å². The van der Waals surface area contributed by atoms with Crippen LogP contribution in [0.3, 0.4) is 0 Å². The Bertz CT molecular complexity index is 827. The molecule has 7 nitrogen and oxygen atoms in total. The summed E-state index contributed by atoms with van der Waals surface area (Å²) < 4.78 is 33.0. The highest BCUT2D eigenvalue weighted by molar-refractivity contribution is 7.90. The van der Waals surface area contributed by atoms with Crippen LogP contribution in [0.2, 0.25) is 0 Å². The highest BCUT2D eigenvalue weighted by atomic mass is 32.2. The molecule has 3 heterocycles. The van der Waals surface area contributed by atoms with Crippen LogP contribution < -0.4 is 5.32 Å². The SMILES string of the molecule is CCN1C[C@@]23CN(C(=O)NCc4ccccc4C)C[C@@H](C[C@@H]2S1(=O)=O)O3. The Morgan fingerprint density at radius 2 is 2.12 bits per heavy atom. The number of ether oxygens (including phenoxy) is 1. The van der Waals surface area contributed by atoms with Gasteiger partial charge in [0.25, 0.3) is 0 Å². The molecule has 0 unspecified atom stereocenters. The van der Waals surface area contributed by atoms with Crippen molar-refractivity contribution < 1.29 is 17.9 Å². The van der Waals surface area contributed by atoms with Crippen molar-refractivity contribution in [2.75, 3.05) is 26.2 Å². The fourth-order valence-electron chi connectivity index (χ4n) is 4.48. The van der Waals surface area contributed by atoms with Gasteiger partial charge in [0.15, 0.2) is 0 Å². The Kier molecular flexibility index (Phi) is 4.24. The van der Waals surface area contributed by atoms with E-state index in [4.69, 9.17) is 4.74 Å². The molecule has 3 fully saturated rings. The molecule has 3 aliphatic rings. The lowest BCUT2D eigenvalue weighted by molar-refractivity contribution is -0.0952. The fraction of sp³-hybridized carbons (Fsp3) is 0.611. The van der Waals surface area contributed by atoms with Crippen molar-refractivity contribution in [3.8, 4) is 0 Å². The zero-order valence-electron chi connectivity index (χ0n) is 15.1. The van der Waals surface area contributed by atoms with Gasteiger partial charge < -0.3 is 15.0 Å². The van der Waals surface area contributed by atoms with E-state index < -0.39 is 20.9 Å². The van der Waals surface area contributed by atoms with Gasteiger partial charge in [0.2, 0.25) is 10.0 Å². The third kappa shape index (κ3) is 2.71. The molecule has 1 aromatic carbocycles. The van der Waals surface area contributed by atoms with E-state index in [1.165, 1.54) is 4.31 Å². The zero-order chi connectivity index (χ0) is 18.5. The van der Waals surface area contributed by atoms with E-state index in [0.29, 0.717) is 39.1 Å². The molecule has 0 radical (unpaired) electrons. The number of aryl methyl sites for hydroxylation is 1. The third-order valence-corrected chi connectivity index (χ3v) is 8.29. The molecule has 3 aliphatic heterocycles. The summed E-state index contributed by atoms with van der Waals surface area (Å²) in [6.07, 6.45) is 0.271. The molecule has 1 aromatic rings. The maximum absolute atomic E-state index is 12.7. The molecule has 1 spiro atoms. The second-order valence-electron chi connectivity index (χ2n) is 7.47. The van der Waals surface area contributed by atoms with Crippen molar-refractivity contribution in [1.29, 1.82) is 0 Å². The molecule has 1 N–H and O–H groups in total. The first-order valence-corrected chi connectivity index (χ1v) is 10.6. The van der Waals surface area contributed by atoms with E-state index in [-0.39, 0.29) is 12.1 Å². The molecule has 0 saturated carbocycles. The molecule has 3 atom stereocenters. The molecule has 2 amide bonds. The Hall–Kier alpha value is -1.64. The number of urea groups is 1. The quantitative estimate of drug-likeness (QED) is 0.852. The van der Waals surface area contributed by atoms with Gasteiger partial charge in [0.05, 0.1) is 12.6 Å². The van der Waals surface area contributed by atoms with Gasteiger partial charge >= 0.3 is 6.03 Å². The number of nitrogens with one attached hydrogen (secondary N) is 1. The summed E-state index contributed by atoms with van der Waals surface area (Å²) in [5, 5.41) is 2.44. The lowest BCUT2D eigenvalue weighted by Crippen LogP contribution is -2.58. The van der Waals surface area contributed by atoms with E-state index in [1.807, 2.05) is 38.1 Å². The fourth-order valence-corrected chi connectivity index (χ4v) is 6.81. The number of fused-ring (bicyclic) bond motifs is 1. The van der Waals surface area contributed by atoms with Crippen LogP contribution in [0.15, 0.2) is 24.3 Å². The largest absolute Gasteiger partial charge is 0.365 e. The molecule has 2 bridgehead atoms. The summed E-state index contributed by atoms with van der Waals surface area (Å²) in [5.41, 5.74) is 1.43. The Morgan fingerprint density at radius 1 is 1.35 bits per heavy atom. The van der Waals surface area contributed by atoms with Crippen LogP contribution in [0.25, 0.3) is 0 Å². The van der Waals surface area contributed by atoms with Gasteiger partial charge in [0, 0.05) is 26.2 Å². The van der Waals surface area contributed by atoms with Gasteiger partial charge in [-0.15, -0.1) is 0 Å². The molecular weight excluding hydrogens is 354 g/mol. The first-order chi connectivity index (χ1) is 12.4. The van der Waals surface area contributed by atoms with E-state index in [9.17, 15) is 13.2 Å². The highest BCUT2D eigenvalue weighted by Gasteiger charge is 2.65. The number of likely N-dealkylation sites (N-methyl/N-ethyl adjacent to an activating group) is 1. The van der Waals surface area contributed by atoms with Crippen LogP contribution in [-0.2, 0) is 21.3 Å². The zero-order valence-corrected chi connectivity index (χ0v) is 16.0. The smallest absolute Gasteiger partial charge is 0.317 e. The number of carbonyl (C=O) groups is 1. The number of benzene rings is 1. The number of hydrogen-bond donors (Lipinski definition) is 1. The van der Waals surface area contributed by atoms with Crippen molar-refractivity contribution in [1.82, 2.24) is 14.5 Å². The normalized spacial score (nSPS) is 32.5. The summed E-state index contributed by atoms with van der Waals surface area (Å²) in [4.78, 5) is 14.4. The van der Waals surface area contributed by atoms with Gasteiger partial charge in [-0.3, -0.25) is 0 Å². The summed E-state index contributed by atoms with van der Waals surface area (Å²) in [6.45, 7) is 5.86. The van der Waals surface area contributed by atoms with Crippen LogP contribution in [-0.4, -0.2) is 66.8 Å². The standard InChI is InChI=1S/C18H25N3O4S/c1-3-21-12-18-11-20(10-15(25-18)8-16(18)26(21,23)24)17(22)19-9-14-7-5-4-6-13(14)2/h4-7,15-16H,3,8-12H2,1-2H3,(H,19,22)/t15-,16+,18+/m1/s1. The van der Waals surface area contributed by atoms with Crippen LogP contribution in [0.5, 0.6) is 0 Å². The lowest BCUT2D eigenvalue weighted by Gasteiger charge is -2.39. The molecule has 0 aliphatic carbocycles. The number of hydrogen-bond acceptors (Lipinski definition) is 4. The summed E-state index contributed by atoms with van der Waals surface area (Å²) in [6, 6.07) is 7.78. The maximum Gasteiger partial charge on any atom is 0.317 e. The van der Waals surface area contributed by atoms with E-state index in [1.54, 1.807) is 4.90 Å². The first kappa shape index (κ1) is 17.8. The van der Waals surface area contributed by atoms with Gasteiger partial charge in [-0.1, -0.05) is 31.2 Å². The van der Waals surface area contributed by atoms with Crippen molar-refractivity contribution in [3.63, 3.8) is 0 Å². The topological polar surface area (TPSA) is 79.0 Å². The predicted molar refractivity (Wildman–Crippen MR) is 97.2 cm³/mol. The summed E-state index contributed by atoms with van der Waals surface area (Å²) >= 11 is 0. The Morgan fingerprint density at radius 3 is 2.85 bits per heavy atom. The van der Waals surface area contributed by atoms with Gasteiger partial charge in [-0.05, 0) is 24.5 Å². The average molecular weight is 379 g/mol. The highest BCUT2D eigenvalue weighted by Crippen LogP contribution is 2.46. The summed E-state index contributed by atoms with van der Waals surface area (Å²) in [5.74, 6) is 0. The number of amides is 2. The number of rotatable bonds is 3. The van der Waals surface area contributed by atoms with Crippen LogP contribution in [0, 0.1) is 6.92 Å². The van der Waals surface area contributed by atoms with Crippen molar-refractivity contribution in [2.24, 2.45) is 0 Å². The molecule has 8 heteroatoms. The molecule has 142 valence electrons. The average Bonchev–Trinajstić information content (AvgIpc) is 2.99. The minimum absolute atomic E-state index is 0.158. The van der Waals surface area contributed by atoms with E-state index in [2.05, 4.69) is 5.32 Å². The number of morpholine rings is 1. The predicted octanol–water partition coefficient (Wildman–Crippen LogP) is 1.08. The van der Waals surface area contributed by atoms with Crippen LogP contribution in [0.4, 0.5) is 4.79 Å². The lowest BCUT2D eigenvalue weighted by atomic mass is 9.99. The number of carbonyl (C=O) groups excluding carboxylic acids is 1. The van der Waals surface area contributed by atoms with Crippen molar-refractivity contribution in [2.45, 2.75) is 43.8 Å². The first-order valence-electron chi connectivity index (χ1n) is 9.10. The van der Waals surface area contributed by atoms with Crippen LogP contribution in [0.1, 0.15) is 24.5 Å². The van der Waals surface area contributed by atoms with Crippen LogP contribution >= 0.6 is 0 Å². The molecule has 4 rings (SSSR count). The van der Waals surface area contributed by atoms with E-state index in [0.717, 1.165) is 11.1 Å². The third-order valence-electron chi connectivity index (χ3n) is 5.84. The Balaban J connectivity index is 1.47. The van der Waals surface area contributed by atoms with E-state index >= 15 is 0 Å². The number of sulfonamides is 1. The van der Waals surface area contributed by atoms with Gasteiger partial charge in [-0.2, -0.15) is 4.31 Å². The molecular formula is C18H25N3O4S. The minimum atomic E-state index is -3.34. The molecule has 26 heavy (non-hydrogen) atoms. The van der Waals surface area contributed by atoms with Gasteiger partial charge in [0.1, 0.15) is 10.9 Å². The monoisotopic (exact) mass is 379 g/mol. The summed E-state index contributed by atoms with van der Waals surface area (Å²) in [7, 11) is -3.34. The number of nitrogens with zero attached hydrogens (tertiary/aromatic N) is 2. The number of likely N-dealkylation sites (tertiary alicyclic amines) is 1. The van der Waals surface area contributed by atoms with Gasteiger partial charge in [-0.25, -0.2) is 13.2 Å². The molecule has 3 saturated heterocycles.